The molecule has 1 aliphatic heterocycles. The molecule has 4 heterocycles. The first-order chi connectivity index (χ1) is 26.9. The van der Waals surface area contributed by atoms with Gasteiger partial charge in [0.15, 0.2) is 16.6 Å². The maximum Gasteiger partial charge on any atom is 0.310 e. The van der Waals surface area contributed by atoms with Crippen molar-refractivity contribution in [1.82, 2.24) is 19.7 Å². The van der Waals surface area contributed by atoms with Gasteiger partial charge in [-0.25, -0.2) is 14.6 Å². The molecule has 0 saturated carbocycles. The van der Waals surface area contributed by atoms with Crippen molar-refractivity contribution in [3.63, 3.8) is 0 Å². The molecule has 3 aromatic carbocycles. The molecule has 0 spiro atoms. The number of benzene rings is 3. The van der Waals surface area contributed by atoms with Crippen molar-refractivity contribution in [2.45, 2.75) is 59.7 Å². The lowest BCUT2D eigenvalue weighted by Crippen LogP contribution is -2.29. The first-order valence-corrected chi connectivity index (χ1v) is 19.4. The van der Waals surface area contributed by atoms with Gasteiger partial charge >= 0.3 is 5.97 Å². The monoisotopic (exact) mass is 759 g/mol. The maximum atomic E-state index is 11.8. The van der Waals surface area contributed by atoms with Gasteiger partial charge in [0.2, 0.25) is 11.8 Å². The highest BCUT2D eigenvalue weighted by molar-refractivity contribution is 7.15. The molecule has 1 fully saturated rings. The molecule has 7 rings (SSSR count). The Kier molecular flexibility index (Phi) is 11.9. The molecule has 0 bridgehead atoms. The zero-order valence-corrected chi connectivity index (χ0v) is 32.4. The number of nitrogens with zero attached hydrogens (tertiary/aromatic N) is 5. The molecule has 0 radical (unpaired) electrons. The molecule has 0 unspecified atom stereocenters. The number of ether oxygens (including phenoxy) is 4. The number of anilines is 1. The van der Waals surface area contributed by atoms with Crippen molar-refractivity contribution in [2.75, 3.05) is 31.7 Å². The Balaban J connectivity index is 1.02. The van der Waals surface area contributed by atoms with Crippen LogP contribution < -0.4 is 19.1 Å². The largest absolute Gasteiger partial charge is 0.493 e. The number of aromatic nitrogens is 4. The summed E-state index contributed by atoms with van der Waals surface area (Å²) in [4.78, 5) is 25.1. The summed E-state index contributed by atoms with van der Waals surface area (Å²) in [6, 6.07) is 23.2. The molecule has 1 aliphatic rings. The Morgan fingerprint density at radius 1 is 0.891 bits per heavy atom. The van der Waals surface area contributed by atoms with E-state index in [4.69, 9.17) is 33.4 Å². The second kappa shape index (κ2) is 17.5. The standard InChI is InChI=1S/C43H45N5O6S/c1-5-51-40(49)25-31-14-17-33(18-15-31)41-44-37(29(2)54-41)28-52-38-21-16-32(24-39(38)50-4)27-53-42-34(26-48(46-42)35-12-8-6-9-13-35)19-20-36-30(3)55-43(45-36)47-22-10-7-11-23-47/h6,8-9,12-21,24,26H,5,7,10-11,22-23,25,27-28H2,1-4H3/b20-19+. The number of piperidine rings is 1. The fraction of sp³-hybridized carbons (Fsp3) is 0.302. The smallest absolute Gasteiger partial charge is 0.310 e. The summed E-state index contributed by atoms with van der Waals surface area (Å²) >= 11 is 1.75. The third kappa shape index (κ3) is 9.26. The maximum absolute atomic E-state index is 11.8. The van der Waals surface area contributed by atoms with Gasteiger partial charge in [-0.15, -0.1) is 16.4 Å². The van der Waals surface area contributed by atoms with Crippen LogP contribution >= 0.6 is 11.3 Å². The Bertz CT molecular complexity index is 2240. The van der Waals surface area contributed by atoms with Gasteiger partial charge in [-0.3, -0.25) is 4.79 Å². The van der Waals surface area contributed by atoms with E-state index < -0.39 is 0 Å². The van der Waals surface area contributed by atoms with Crippen LogP contribution in [0.4, 0.5) is 5.13 Å². The van der Waals surface area contributed by atoms with Crippen molar-refractivity contribution in [1.29, 1.82) is 0 Å². The number of carbonyl (C=O) groups excluding carboxylic acids is 1. The fourth-order valence-electron chi connectivity index (χ4n) is 6.30. The lowest BCUT2D eigenvalue weighted by atomic mass is 10.1. The number of hydrogen-bond acceptors (Lipinski definition) is 11. The molecule has 55 heavy (non-hydrogen) atoms. The topological polar surface area (TPSA) is 114 Å². The molecule has 12 heteroatoms. The van der Waals surface area contributed by atoms with Crippen LogP contribution in [-0.4, -0.2) is 52.5 Å². The average molecular weight is 760 g/mol. The molecule has 0 N–H and O–H groups in total. The Labute approximate surface area is 325 Å². The number of rotatable bonds is 15. The highest BCUT2D eigenvalue weighted by Gasteiger charge is 2.18. The normalized spacial score (nSPS) is 13.0. The van der Waals surface area contributed by atoms with Crippen molar-refractivity contribution in [3.8, 4) is 34.5 Å². The first-order valence-electron chi connectivity index (χ1n) is 18.6. The summed E-state index contributed by atoms with van der Waals surface area (Å²) in [5.41, 5.74) is 5.96. The predicted molar refractivity (Wildman–Crippen MR) is 214 cm³/mol. The van der Waals surface area contributed by atoms with E-state index in [-0.39, 0.29) is 25.6 Å². The lowest BCUT2D eigenvalue weighted by Gasteiger charge is -2.25. The molecule has 0 aliphatic carbocycles. The van der Waals surface area contributed by atoms with Crippen molar-refractivity contribution in [3.05, 3.63) is 118 Å². The molecule has 6 aromatic rings. The van der Waals surface area contributed by atoms with Crippen LogP contribution in [0.15, 0.2) is 83.4 Å². The van der Waals surface area contributed by atoms with E-state index in [9.17, 15) is 4.79 Å². The van der Waals surface area contributed by atoms with Gasteiger partial charge in [0, 0.05) is 29.7 Å². The van der Waals surface area contributed by atoms with Gasteiger partial charge in [0.1, 0.15) is 24.7 Å². The van der Waals surface area contributed by atoms with E-state index in [1.165, 1.54) is 24.1 Å². The van der Waals surface area contributed by atoms with Crippen LogP contribution in [0.5, 0.6) is 17.4 Å². The second-order valence-electron chi connectivity index (χ2n) is 13.3. The molecule has 11 nitrogen and oxygen atoms in total. The van der Waals surface area contributed by atoms with Crippen LogP contribution in [0, 0.1) is 13.8 Å². The summed E-state index contributed by atoms with van der Waals surface area (Å²) in [6.45, 7) is 8.72. The summed E-state index contributed by atoms with van der Waals surface area (Å²) in [6.07, 6.45) is 9.99. The van der Waals surface area contributed by atoms with Crippen molar-refractivity contribution < 1.29 is 28.2 Å². The number of esters is 1. The van der Waals surface area contributed by atoms with Gasteiger partial charge < -0.3 is 28.3 Å². The van der Waals surface area contributed by atoms with E-state index in [0.29, 0.717) is 41.3 Å². The Morgan fingerprint density at radius 3 is 2.44 bits per heavy atom. The number of aryl methyl sites for hydroxylation is 2. The van der Waals surface area contributed by atoms with Crippen LogP contribution in [0.3, 0.4) is 0 Å². The zero-order chi connectivity index (χ0) is 38.1. The van der Waals surface area contributed by atoms with Gasteiger partial charge in [-0.2, -0.15) is 0 Å². The predicted octanol–water partition coefficient (Wildman–Crippen LogP) is 9.03. The minimum Gasteiger partial charge on any atom is -0.493 e. The molecular formula is C43H45N5O6S. The highest BCUT2D eigenvalue weighted by atomic mass is 32.1. The highest BCUT2D eigenvalue weighted by Crippen LogP contribution is 2.32. The zero-order valence-electron chi connectivity index (χ0n) is 31.6. The average Bonchev–Trinajstić information content (AvgIpc) is 3.92. The van der Waals surface area contributed by atoms with Crippen LogP contribution in [-0.2, 0) is 29.2 Å². The summed E-state index contributed by atoms with van der Waals surface area (Å²) in [5.74, 6) is 2.52. The Morgan fingerprint density at radius 2 is 1.67 bits per heavy atom. The van der Waals surface area contributed by atoms with E-state index in [0.717, 1.165) is 51.9 Å². The molecule has 0 amide bonds. The summed E-state index contributed by atoms with van der Waals surface area (Å²) in [7, 11) is 1.61. The number of para-hydroxylation sites is 1. The number of oxazole rings is 1. The van der Waals surface area contributed by atoms with E-state index in [2.05, 4.69) is 22.9 Å². The van der Waals surface area contributed by atoms with E-state index in [1.54, 1.807) is 25.4 Å². The van der Waals surface area contributed by atoms with E-state index >= 15 is 0 Å². The molecule has 1 saturated heterocycles. The van der Waals surface area contributed by atoms with Crippen molar-refractivity contribution in [2.24, 2.45) is 0 Å². The number of thiazole rings is 1. The first kappa shape index (κ1) is 37.4. The number of hydrogen-bond donors (Lipinski definition) is 0. The summed E-state index contributed by atoms with van der Waals surface area (Å²) in [5, 5.41) is 5.90. The van der Waals surface area contributed by atoms with Crippen LogP contribution in [0.25, 0.3) is 29.3 Å². The van der Waals surface area contributed by atoms with Crippen LogP contribution in [0.2, 0.25) is 0 Å². The van der Waals surface area contributed by atoms with Gasteiger partial charge in [0.25, 0.3) is 0 Å². The molecule has 284 valence electrons. The minimum atomic E-state index is -0.255. The molecule has 0 atom stereocenters. The minimum absolute atomic E-state index is 0.188. The van der Waals surface area contributed by atoms with E-state index in [1.807, 2.05) is 96.7 Å². The fourth-order valence-corrected chi connectivity index (χ4v) is 7.24. The number of methoxy groups -OCH3 is 1. The second-order valence-corrected chi connectivity index (χ2v) is 14.4. The quantitative estimate of drug-likeness (QED) is 0.0940. The Hall–Kier alpha value is -5.88. The third-order valence-electron chi connectivity index (χ3n) is 9.31. The molecular weight excluding hydrogens is 715 g/mol. The van der Waals surface area contributed by atoms with Crippen LogP contribution in [0.1, 0.15) is 64.9 Å². The van der Waals surface area contributed by atoms with Gasteiger partial charge in [0.05, 0.1) is 37.1 Å². The van der Waals surface area contributed by atoms with Crippen molar-refractivity contribution >= 4 is 34.6 Å². The molecule has 3 aromatic heterocycles. The summed E-state index contributed by atoms with van der Waals surface area (Å²) < 4.78 is 31.1. The SMILES string of the molecule is CCOC(=O)Cc1ccc(-c2nc(COc3ccc(COc4nn(-c5ccccc5)cc4/C=C/c4nc(N5CCCCC5)sc4C)cc3OC)c(C)o2)cc1. The third-order valence-corrected chi connectivity index (χ3v) is 10.4. The number of carbonyl (C=O) groups is 1. The van der Waals surface area contributed by atoms with Gasteiger partial charge in [-0.05, 0) is 99.7 Å². The van der Waals surface area contributed by atoms with Gasteiger partial charge in [-0.1, -0.05) is 36.4 Å². The lowest BCUT2D eigenvalue weighted by molar-refractivity contribution is -0.142.